The van der Waals surface area contributed by atoms with E-state index in [9.17, 15) is 0 Å². The molecule has 0 atom stereocenters. The minimum atomic E-state index is 0.762. The number of para-hydroxylation sites is 1. The Morgan fingerprint density at radius 3 is 2.35 bits per heavy atom. The van der Waals surface area contributed by atoms with Gasteiger partial charge in [-0.05, 0) is 29.3 Å². The average Bonchev–Trinajstić information content (AvgIpc) is 3.04. The first-order valence-corrected chi connectivity index (χ1v) is 6.99. The quantitative estimate of drug-likeness (QED) is 0.524. The van der Waals surface area contributed by atoms with Gasteiger partial charge in [0.05, 0.1) is 0 Å². The Morgan fingerprint density at radius 1 is 0.800 bits per heavy atom. The van der Waals surface area contributed by atoms with Gasteiger partial charge in [0.2, 0.25) is 0 Å². The van der Waals surface area contributed by atoms with Gasteiger partial charge >= 0.3 is 0 Å². The fraction of sp³-hybridized carbons (Fsp3) is 0.0588. The molecule has 0 fully saturated rings. The van der Waals surface area contributed by atoms with Gasteiger partial charge in [-0.1, -0.05) is 35.9 Å². The lowest BCUT2D eigenvalue weighted by Crippen LogP contribution is -1.84. The Hall–Kier alpha value is -2.19. The number of H-pyrrole nitrogens is 2. The highest BCUT2D eigenvalue weighted by molar-refractivity contribution is 6.31. The van der Waals surface area contributed by atoms with E-state index in [-0.39, 0.29) is 0 Å². The number of aromatic amines is 2. The molecule has 0 saturated heterocycles. The van der Waals surface area contributed by atoms with Gasteiger partial charge in [0.25, 0.3) is 0 Å². The highest BCUT2D eigenvalue weighted by Crippen LogP contribution is 2.26. The lowest BCUT2D eigenvalue weighted by Gasteiger charge is -1.99. The van der Waals surface area contributed by atoms with Gasteiger partial charge in [-0.25, -0.2) is 0 Å². The molecule has 98 valence electrons. The maximum atomic E-state index is 6.02. The smallest absolute Gasteiger partial charge is 0.0471 e. The van der Waals surface area contributed by atoms with Crippen LogP contribution in [0.25, 0.3) is 21.8 Å². The third-order valence-electron chi connectivity index (χ3n) is 3.79. The molecule has 2 heterocycles. The molecular weight excluding hydrogens is 268 g/mol. The second kappa shape index (κ2) is 4.43. The predicted octanol–water partition coefficient (Wildman–Crippen LogP) is 4.89. The third-order valence-corrected chi connectivity index (χ3v) is 4.02. The van der Waals surface area contributed by atoms with Crippen LogP contribution >= 0.6 is 11.6 Å². The zero-order valence-electron chi connectivity index (χ0n) is 10.8. The van der Waals surface area contributed by atoms with E-state index in [2.05, 4.69) is 52.7 Å². The summed E-state index contributed by atoms with van der Waals surface area (Å²) in [5, 5.41) is 3.29. The molecule has 20 heavy (non-hydrogen) atoms. The normalized spacial score (nSPS) is 11.4. The maximum absolute atomic E-state index is 6.02. The first-order chi connectivity index (χ1) is 9.81. The van der Waals surface area contributed by atoms with Crippen molar-refractivity contribution in [2.45, 2.75) is 6.42 Å². The summed E-state index contributed by atoms with van der Waals surface area (Å²) in [5.41, 5.74) is 4.88. The molecule has 2 aromatic carbocycles. The molecule has 0 aliphatic rings. The molecule has 2 aromatic heterocycles. The van der Waals surface area contributed by atoms with Crippen molar-refractivity contribution in [2.24, 2.45) is 0 Å². The largest absolute Gasteiger partial charge is 0.361 e. The summed E-state index contributed by atoms with van der Waals surface area (Å²) in [5.74, 6) is 0. The Morgan fingerprint density at radius 2 is 1.50 bits per heavy atom. The molecule has 3 heteroatoms. The van der Waals surface area contributed by atoms with E-state index in [0.717, 1.165) is 17.0 Å². The van der Waals surface area contributed by atoms with Gasteiger partial charge in [-0.15, -0.1) is 0 Å². The van der Waals surface area contributed by atoms with Gasteiger partial charge in [0, 0.05) is 45.6 Å². The summed E-state index contributed by atoms with van der Waals surface area (Å²) in [7, 11) is 0. The fourth-order valence-corrected chi connectivity index (χ4v) is 2.96. The van der Waals surface area contributed by atoms with Crippen LogP contribution in [0.3, 0.4) is 0 Å². The summed E-state index contributed by atoms with van der Waals surface area (Å²) in [4.78, 5) is 6.62. The molecule has 0 saturated carbocycles. The maximum Gasteiger partial charge on any atom is 0.0471 e. The summed E-state index contributed by atoms with van der Waals surface area (Å²) < 4.78 is 0. The number of nitrogens with one attached hydrogen (secondary N) is 2. The van der Waals surface area contributed by atoms with Gasteiger partial charge < -0.3 is 9.97 Å². The molecule has 2 nitrogen and oxygen atoms in total. The molecule has 0 bridgehead atoms. The van der Waals surface area contributed by atoms with Crippen LogP contribution in [-0.2, 0) is 6.42 Å². The Kier molecular flexibility index (Phi) is 2.57. The first-order valence-electron chi connectivity index (χ1n) is 6.62. The summed E-state index contributed by atoms with van der Waals surface area (Å²) in [6.07, 6.45) is 5.08. The van der Waals surface area contributed by atoms with Crippen molar-refractivity contribution in [3.63, 3.8) is 0 Å². The van der Waals surface area contributed by atoms with Crippen molar-refractivity contribution in [1.29, 1.82) is 0 Å². The fourth-order valence-electron chi connectivity index (χ4n) is 2.79. The number of benzene rings is 2. The number of hydrogen-bond acceptors (Lipinski definition) is 0. The minimum Gasteiger partial charge on any atom is -0.361 e. The van der Waals surface area contributed by atoms with Crippen LogP contribution in [0, 0.1) is 0 Å². The molecule has 0 unspecified atom stereocenters. The number of aromatic nitrogens is 2. The summed E-state index contributed by atoms with van der Waals surface area (Å²) in [6, 6.07) is 14.4. The molecular formula is C17H13ClN2. The van der Waals surface area contributed by atoms with E-state index in [1.165, 1.54) is 27.4 Å². The molecule has 0 radical (unpaired) electrons. The van der Waals surface area contributed by atoms with Gasteiger partial charge in [0.1, 0.15) is 0 Å². The standard InChI is InChI=1S/C17H13ClN2/c18-13-5-6-15-12(10-20-17(15)8-13)7-11-9-19-16-4-2-1-3-14(11)16/h1-6,8-10,19-20H,7H2. The van der Waals surface area contributed by atoms with E-state index in [1.54, 1.807) is 0 Å². The van der Waals surface area contributed by atoms with E-state index < -0.39 is 0 Å². The zero-order valence-corrected chi connectivity index (χ0v) is 11.5. The predicted molar refractivity (Wildman–Crippen MR) is 84.4 cm³/mol. The average molecular weight is 281 g/mol. The lowest BCUT2D eigenvalue weighted by atomic mass is 10.0. The van der Waals surface area contributed by atoms with Crippen LogP contribution in [0.15, 0.2) is 54.9 Å². The Labute approximate surface area is 121 Å². The van der Waals surface area contributed by atoms with Crippen molar-refractivity contribution in [3.05, 3.63) is 71.0 Å². The Balaban J connectivity index is 1.81. The van der Waals surface area contributed by atoms with E-state index in [4.69, 9.17) is 11.6 Å². The molecule has 4 rings (SSSR count). The van der Waals surface area contributed by atoms with Crippen LogP contribution in [-0.4, -0.2) is 9.97 Å². The van der Waals surface area contributed by atoms with Crippen molar-refractivity contribution in [3.8, 4) is 0 Å². The first kappa shape index (κ1) is 11.6. The van der Waals surface area contributed by atoms with Crippen LogP contribution < -0.4 is 0 Å². The van der Waals surface area contributed by atoms with Crippen molar-refractivity contribution < 1.29 is 0 Å². The molecule has 0 amide bonds. The van der Waals surface area contributed by atoms with Crippen LogP contribution in [0.1, 0.15) is 11.1 Å². The topological polar surface area (TPSA) is 31.6 Å². The molecule has 4 aromatic rings. The number of hydrogen-bond donors (Lipinski definition) is 2. The van der Waals surface area contributed by atoms with Gasteiger partial charge in [-0.2, -0.15) is 0 Å². The van der Waals surface area contributed by atoms with Crippen LogP contribution in [0.4, 0.5) is 0 Å². The number of rotatable bonds is 2. The zero-order chi connectivity index (χ0) is 13.5. The van der Waals surface area contributed by atoms with Gasteiger partial charge in [-0.3, -0.25) is 0 Å². The van der Waals surface area contributed by atoms with Crippen molar-refractivity contribution in [1.82, 2.24) is 9.97 Å². The van der Waals surface area contributed by atoms with Crippen LogP contribution in [0.2, 0.25) is 5.02 Å². The minimum absolute atomic E-state index is 0.762. The Bertz CT molecular complexity index is 902. The number of fused-ring (bicyclic) bond motifs is 2. The monoisotopic (exact) mass is 280 g/mol. The van der Waals surface area contributed by atoms with E-state index >= 15 is 0 Å². The summed E-state index contributed by atoms with van der Waals surface area (Å²) in [6.45, 7) is 0. The molecule has 2 N–H and O–H groups in total. The van der Waals surface area contributed by atoms with E-state index in [0.29, 0.717) is 0 Å². The molecule has 0 aliphatic carbocycles. The number of halogens is 1. The lowest BCUT2D eigenvalue weighted by molar-refractivity contribution is 1.22. The van der Waals surface area contributed by atoms with E-state index in [1.807, 2.05) is 12.1 Å². The SMILES string of the molecule is Clc1ccc2c(Cc3c[nH]c4ccccc34)c[nH]c2c1. The summed E-state index contributed by atoms with van der Waals surface area (Å²) >= 11 is 6.02. The molecule has 0 spiro atoms. The second-order valence-corrected chi connectivity index (χ2v) is 5.48. The second-order valence-electron chi connectivity index (χ2n) is 5.04. The van der Waals surface area contributed by atoms with Crippen LogP contribution in [0.5, 0.6) is 0 Å². The van der Waals surface area contributed by atoms with Crippen molar-refractivity contribution >= 4 is 33.4 Å². The highest BCUT2D eigenvalue weighted by atomic mass is 35.5. The highest BCUT2D eigenvalue weighted by Gasteiger charge is 2.08. The van der Waals surface area contributed by atoms with Gasteiger partial charge in [0.15, 0.2) is 0 Å². The van der Waals surface area contributed by atoms with Crippen molar-refractivity contribution in [2.75, 3.05) is 0 Å². The molecule has 0 aliphatic heterocycles. The third kappa shape index (κ3) is 1.81.